The Labute approximate surface area is 81.5 Å². The third kappa shape index (κ3) is 2.24. The van der Waals surface area contributed by atoms with Crippen molar-refractivity contribution >= 4 is 15.9 Å². The van der Waals surface area contributed by atoms with E-state index in [9.17, 15) is 31.2 Å². The van der Waals surface area contributed by atoms with Crippen molar-refractivity contribution in [1.29, 1.82) is 0 Å². The fourth-order valence-corrected chi connectivity index (χ4v) is 1.39. The summed E-state index contributed by atoms with van der Waals surface area (Å²) in [4.78, 5) is 7.29. The Bertz CT molecular complexity index is 527. The second kappa shape index (κ2) is 3.50. The van der Waals surface area contributed by atoms with Gasteiger partial charge >= 0.3 is 15.9 Å². The van der Waals surface area contributed by atoms with Gasteiger partial charge in [0.15, 0.2) is 0 Å². The van der Waals surface area contributed by atoms with Crippen LogP contribution in [0.4, 0.5) is 18.4 Å². The zero-order valence-corrected chi connectivity index (χ0v) is 7.59. The van der Waals surface area contributed by atoms with Gasteiger partial charge in [0.1, 0.15) is 10.7 Å². The van der Waals surface area contributed by atoms with Crippen molar-refractivity contribution in [3.05, 3.63) is 33.9 Å². The van der Waals surface area contributed by atoms with Crippen LogP contribution in [0.25, 0.3) is 0 Å². The maximum atomic E-state index is 12.7. The largest absolute Gasteiger partial charge is 0.335 e. The number of nitro benzene ring substituents is 1. The Morgan fingerprint density at radius 1 is 1.20 bits per heavy atom. The van der Waals surface area contributed by atoms with Gasteiger partial charge in [0, 0.05) is 12.1 Å². The summed E-state index contributed by atoms with van der Waals surface area (Å²) in [5, 5.41) is 10.1. The fraction of sp³-hybridized carbons (Fsp3) is 0. The smallest absolute Gasteiger partial charge is 0.258 e. The van der Waals surface area contributed by atoms with Crippen molar-refractivity contribution < 1.29 is 26.0 Å². The molecule has 0 bridgehead atoms. The van der Waals surface area contributed by atoms with Crippen LogP contribution in [0.5, 0.6) is 0 Å². The Morgan fingerprint density at radius 2 is 1.73 bits per heavy atom. The van der Waals surface area contributed by atoms with Crippen molar-refractivity contribution in [1.82, 2.24) is 0 Å². The first kappa shape index (κ1) is 11.4. The highest BCUT2D eigenvalue weighted by Crippen LogP contribution is 2.25. The lowest BCUT2D eigenvalue weighted by Crippen LogP contribution is -2.01. The molecule has 0 spiro atoms. The predicted molar refractivity (Wildman–Crippen MR) is 41.3 cm³/mol. The van der Waals surface area contributed by atoms with Crippen molar-refractivity contribution in [3.63, 3.8) is 0 Å². The molecule has 0 aliphatic heterocycles. The summed E-state index contributed by atoms with van der Waals surface area (Å²) in [6.07, 6.45) is 0. The number of hydrogen-bond acceptors (Lipinski definition) is 4. The molecule has 0 saturated heterocycles. The second-order valence-corrected chi connectivity index (χ2v) is 3.74. The van der Waals surface area contributed by atoms with Crippen LogP contribution >= 0.6 is 0 Å². The summed E-state index contributed by atoms with van der Waals surface area (Å²) in [6.45, 7) is 0. The van der Waals surface area contributed by atoms with Crippen LogP contribution < -0.4 is 0 Å². The van der Waals surface area contributed by atoms with E-state index in [0.717, 1.165) is 0 Å². The number of halogens is 3. The number of nitro groups is 1. The molecular formula is C6H2F3NO4S. The molecule has 5 nitrogen and oxygen atoms in total. The zero-order valence-electron chi connectivity index (χ0n) is 6.78. The number of benzene rings is 1. The first-order chi connectivity index (χ1) is 6.73. The average Bonchev–Trinajstić information content (AvgIpc) is 2.00. The SMILES string of the molecule is O=[N+]([O-])c1cc(S(=O)(=O)F)c(F)cc1F. The Balaban J connectivity index is 3.58. The molecule has 0 aromatic heterocycles. The molecule has 0 N–H and O–H groups in total. The molecule has 0 unspecified atom stereocenters. The molecule has 82 valence electrons. The van der Waals surface area contributed by atoms with Crippen LogP contribution in [-0.2, 0) is 10.2 Å². The Hall–Kier alpha value is -1.64. The lowest BCUT2D eigenvalue weighted by molar-refractivity contribution is -0.387. The van der Waals surface area contributed by atoms with Gasteiger partial charge in [0.05, 0.1) is 4.92 Å². The topological polar surface area (TPSA) is 77.3 Å². The summed E-state index contributed by atoms with van der Waals surface area (Å²) < 4.78 is 58.3. The third-order valence-corrected chi connectivity index (χ3v) is 2.30. The van der Waals surface area contributed by atoms with Gasteiger partial charge in [-0.1, -0.05) is 0 Å². The number of rotatable bonds is 2. The van der Waals surface area contributed by atoms with Crippen molar-refractivity contribution in [3.8, 4) is 0 Å². The quantitative estimate of drug-likeness (QED) is 0.447. The van der Waals surface area contributed by atoms with E-state index in [1.54, 1.807) is 0 Å². The molecule has 0 aliphatic rings. The van der Waals surface area contributed by atoms with Crippen LogP contribution in [0.15, 0.2) is 17.0 Å². The summed E-state index contributed by atoms with van der Waals surface area (Å²) in [7, 11) is -5.45. The monoisotopic (exact) mass is 241 g/mol. The molecule has 0 atom stereocenters. The lowest BCUT2D eigenvalue weighted by atomic mass is 10.3. The summed E-state index contributed by atoms with van der Waals surface area (Å²) in [6, 6.07) is -0.0788. The predicted octanol–water partition coefficient (Wildman–Crippen LogP) is 1.53. The average molecular weight is 241 g/mol. The maximum Gasteiger partial charge on any atom is 0.335 e. The number of hydrogen-bond donors (Lipinski definition) is 0. The normalized spacial score (nSPS) is 11.4. The molecule has 0 amide bonds. The Kier molecular flexibility index (Phi) is 2.67. The van der Waals surface area contributed by atoms with Gasteiger partial charge in [-0.25, -0.2) is 4.39 Å². The lowest BCUT2D eigenvalue weighted by Gasteiger charge is -1.98. The first-order valence-electron chi connectivity index (χ1n) is 3.31. The van der Waals surface area contributed by atoms with E-state index in [2.05, 4.69) is 0 Å². The van der Waals surface area contributed by atoms with Gasteiger partial charge in [-0.15, -0.1) is 3.89 Å². The highest BCUT2D eigenvalue weighted by molar-refractivity contribution is 7.86. The van der Waals surface area contributed by atoms with E-state index in [-0.39, 0.29) is 12.1 Å². The molecule has 0 aliphatic carbocycles. The second-order valence-electron chi connectivity index (χ2n) is 2.43. The van der Waals surface area contributed by atoms with Crippen molar-refractivity contribution in [2.24, 2.45) is 0 Å². The van der Waals surface area contributed by atoms with E-state index < -0.39 is 37.4 Å². The van der Waals surface area contributed by atoms with E-state index >= 15 is 0 Å². The van der Waals surface area contributed by atoms with Gasteiger partial charge in [-0.2, -0.15) is 12.8 Å². The van der Waals surface area contributed by atoms with Crippen LogP contribution in [0.3, 0.4) is 0 Å². The van der Waals surface area contributed by atoms with E-state index in [1.807, 2.05) is 0 Å². The van der Waals surface area contributed by atoms with Crippen LogP contribution in [0.2, 0.25) is 0 Å². The summed E-state index contributed by atoms with van der Waals surface area (Å²) in [5.74, 6) is -3.30. The molecule has 0 heterocycles. The molecule has 1 rings (SSSR count). The molecule has 9 heteroatoms. The van der Waals surface area contributed by atoms with Crippen LogP contribution in [0, 0.1) is 21.7 Å². The van der Waals surface area contributed by atoms with Crippen molar-refractivity contribution in [2.75, 3.05) is 0 Å². The first-order valence-corrected chi connectivity index (χ1v) is 4.70. The summed E-state index contributed by atoms with van der Waals surface area (Å²) in [5.41, 5.74) is -1.31. The third-order valence-electron chi connectivity index (χ3n) is 1.46. The number of nitrogens with zero attached hydrogens (tertiary/aromatic N) is 1. The summed E-state index contributed by atoms with van der Waals surface area (Å²) >= 11 is 0. The minimum atomic E-state index is -5.45. The van der Waals surface area contributed by atoms with Gasteiger partial charge in [0.25, 0.3) is 0 Å². The van der Waals surface area contributed by atoms with Crippen LogP contribution in [0.1, 0.15) is 0 Å². The molecule has 0 radical (unpaired) electrons. The molecule has 0 saturated carbocycles. The maximum absolute atomic E-state index is 12.7. The molecule has 15 heavy (non-hydrogen) atoms. The van der Waals surface area contributed by atoms with Crippen LogP contribution in [-0.4, -0.2) is 13.3 Å². The van der Waals surface area contributed by atoms with Gasteiger partial charge < -0.3 is 0 Å². The minimum Gasteiger partial charge on any atom is -0.258 e. The standard InChI is InChI=1S/C6H2F3NO4S/c7-3-1-4(8)6(15(9,13)14)2-5(3)10(11)12/h1-2H. The zero-order chi connectivity index (χ0) is 11.8. The van der Waals surface area contributed by atoms with Gasteiger partial charge in [0.2, 0.25) is 5.82 Å². The van der Waals surface area contributed by atoms with Gasteiger partial charge in [-0.05, 0) is 0 Å². The highest BCUT2D eigenvalue weighted by Gasteiger charge is 2.25. The van der Waals surface area contributed by atoms with Crippen molar-refractivity contribution in [2.45, 2.75) is 4.90 Å². The molecule has 0 fully saturated rings. The highest BCUT2D eigenvalue weighted by atomic mass is 32.3. The van der Waals surface area contributed by atoms with E-state index in [4.69, 9.17) is 0 Å². The molecular weight excluding hydrogens is 239 g/mol. The minimum absolute atomic E-state index is 0.0139. The van der Waals surface area contributed by atoms with E-state index in [0.29, 0.717) is 0 Å². The van der Waals surface area contributed by atoms with Gasteiger partial charge in [-0.3, -0.25) is 10.1 Å². The Morgan fingerprint density at radius 3 is 2.13 bits per heavy atom. The van der Waals surface area contributed by atoms with E-state index in [1.165, 1.54) is 0 Å². The molecule has 1 aromatic carbocycles. The molecule has 1 aromatic rings. The fourth-order valence-electron chi connectivity index (χ4n) is 0.845.